The van der Waals surface area contributed by atoms with Gasteiger partial charge in [0.15, 0.2) is 11.6 Å². The highest BCUT2D eigenvalue weighted by Gasteiger charge is 2.31. The highest BCUT2D eigenvalue weighted by Crippen LogP contribution is 2.40. The molecular formula is C18H16ClN5O2. The Morgan fingerprint density at radius 3 is 2.92 bits per heavy atom. The number of pyridine rings is 1. The molecule has 0 N–H and O–H groups in total. The maximum atomic E-state index is 13.1. The van der Waals surface area contributed by atoms with E-state index in [0.29, 0.717) is 34.4 Å². The number of amides is 1. The minimum absolute atomic E-state index is 0.103. The van der Waals surface area contributed by atoms with Crippen LogP contribution in [-0.2, 0) is 0 Å². The smallest absolute Gasteiger partial charge is 0.260 e. The minimum atomic E-state index is -0.145. The molecule has 1 aliphatic heterocycles. The van der Waals surface area contributed by atoms with E-state index in [1.807, 2.05) is 19.1 Å². The lowest BCUT2D eigenvalue weighted by molar-refractivity contribution is 0.0954. The Hall–Kier alpha value is -2.93. The first-order valence-electron chi connectivity index (χ1n) is 8.25. The number of rotatable bonds is 3. The van der Waals surface area contributed by atoms with Gasteiger partial charge in [0, 0.05) is 6.20 Å². The van der Waals surface area contributed by atoms with Gasteiger partial charge in [-0.25, -0.2) is 14.6 Å². The van der Waals surface area contributed by atoms with E-state index in [2.05, 4.69) is 15.1 Å². The number of carbonyl (C=O) groups is 1. The Morgan fingerprint density at radius 2 is 2.23 bits per heavy atom. The van der Waals surface area contributed by atoms with Crippen LogP contribution in [0.5, 0.6) is 5.75 Å². The van der Waals surface area contributed by atoms with Crippen LogP contribution in [-0.4, -0.2) is 38.3 Å². The standard InChI is InChI=1S/C18H16ClN5O2/c1-2-13-9-23(15-5-3-4-14(19)17(15)26-13)18(25)12-6-7-16(21-8-12)24-11-20-10-22-24/h3-8,10-11,13H,2,9H2,1H3. The molecule has 0 saturated carbocycles. The fourth-order valence-electron chi connectivity index (χ4n) is 2.87. The predicted molar refractivity (Wildman–Crippen MR) is 97.0 cm³/mol. The Balaban J connectivity index is 1.66. The van der Waals surface area contributed by atoms with Crippen LogP contribution in [0, 0.1) is 0 Å². The predicted octanol–water partition coefficient (Wildman–Crippen LogP) is 3.13. The van der Waals surface area contributed by atoms with Crippen LogP contribution in [0.3, 0.4) is 0 Å². The van der Waals surface area contributed by atoms with E-state index < -0.39 is 0 Å². The number of benzene rings is 1. The normalized spacial score (nSPS) is 16.1. The molecule has 0 aliphatic carbocycles. The van der Waals surface area contributed by atoms with Gasteiger partial charge in [-0.3, -0.25) is 4.79 Å². The molecule has 3 heterocycles. The molecule has 1 atom stereocenters. The number of ether oxygens (including phenoxy) is 1. The van der Waals surface area contributed by atoms with E-state index in [-0.39, 0.29) is 12.0 Å². The molecule has 3 aromatic rings. The molecule has 1 amide bonds. The number of aromatic nitrogens is 4. The van der Waals surface area contributed by atoms with Gasteiger partial charge in [-0.2, -0.15) is 5.10 Å². The van der Waals surface area contributed by atoms with E-state index in [1.54, 1.807) is 35.6 Å². The van der Waals surface area contributed by atoms with Crippen LogP contribution >= 0.6 is 11.6 Å². The van der Waals surface area contributed by atoms with Gasteiger partial charge in [0.1, 0.15) is 18.8 Å². The average Bonchev–Trinajstić information content (AvgIpc) is 3.22. The molecule has 26 heavy (non-hydrogen) atoms. The molecule has 0 bridgehead atoms. The fraction of sp³-hybridized carbons (Fsp3) is 0.222. The van der Waals surface area contributed by atoms with Crippen LogP contribution < -0.4 is 9.64 Å². The van der Waals surface area contributed by atoms with Crippen molar-refractivity contribution >= 4 is 23.2 Å². The number of hydrogen-bond donors (Lipinski definition) is 0. The van der Waals surface area contributed by atoms with E-state index in [4.69, 9.17) is 16.3 Å². The Labute approximate surface area is 155 Å². The summed E-state index contributed by atoms with van der Waals surface area (Å²) in [7, 11) is 0. The van der Waals surface area contributed by atoms with Crippen molar-refractivity contribution in [2.45, 2.75) is 19.4 Å². The van der Waals surface area contributed by atoms with Gasteiger partial charge in [-0.15, -0.1) is 0 Å². The lowest BCUT2D eigenvalue weighted by Crippen LogP contribution is -2.43. The van der Waals surface area contributed by atoms with Crippen LogP contribution in [0.1, 0.15) is 23.7 Å². The lowest BCUT2D eigenvalue weighted by atomic mass is 10.1. The molecule has 0 saturated heterocycles. The summed E-state index contributed by atoms with van der Waals surface area (Å²) in [5.41, 5.74) is 1.16. The Morgan fingerprint density at radius 1 is 1.35 bits per heavy atom. The second-order valence-electron chi connectivity index (χ2n) is 5.90. The zero-order valence-electron chi connectivity index (χ0n) is 14.0. The molecule has 1 unspecified atom stereocenters. The van der Waals surface area contributed by atoms with Gasteiger partial charge >= 0.3 is 0 Å². The highest BCUT2D eigenvalue weighted by molar-refractivity contribution is 6.32. The quantitative estimate of drug-likeness (QED) is 0.709. The molecule has 8 heteroatoms. The number of hydrogen-bond acceptors (Lipinski definition) is 5. The molecule has 1 aliphatic rings. The van der Waals surface area contributed by atoms with Crippen molar-refractivity contribution in [2.75, 3.05) is 11.4 Å². The van der Waals surface area contributed by atoms with Gasteiger partial charge in [-0.1, -0.05) is 24.6 Å². The molecule has 7 nitrogen and oxygen atoms in total. The Kier molecular flexibility index (Phi) is 4.30. The summed E-state index contributed by atoms with van der Waals surface area (Å²) >= 11 is 6.27. The molecule has 0 radical (unpaired) electrons. The van der Waals surface area contributed by atoms with Crippen LogP contribution in [0.4, 0.5) is 5.69 Å². The van der Waals surface area contributed by atoms with Crippen molar-refractivity contribution in [1.29, 1.82) is 0 Å². The lowest BCUT2D eigenvalue weighted by Gasteiger charge is -2.35. The number of halogens is 1. The van der Waals surface area contributed by atoms with Gasteiger partial charge in [-0.05, 0) is 30.7 Å². The summed E-state index contributed by atoms with van der Waals surface area (Å²) in [4.78, 5) is 23.0. The molecule has 1 aromatic carbocycles. The first-order valence-corrected chi connectivity index (χ1v) is 8.63. The van der Waals surface area contributed by atoms with Gasteiger partial charge in [0.05, 0.1) is 22.8 Å². The van der Waals surface area contributed by atoms with Crippen molar-refractivity contribution in [3.8, 4) is 11.6 Å². The number of nitrogens with zero attached hydrogens (tertiary/aromatic N) is 5. The average molecular weight is 370 g/mol. The summed E-state index contributed by atoms with van der Waals surface area (Å²) in [5.74, 6) is 0.997. The molecule has 132 valence electrons. The first-order chi connectivity index (χ1) is 12.7. The fourth-order valence-corrected chi connectivity index (χ4v) is 3.08. The molecule has 0 spiro atoms. The second-order valence-corrected chi connectivity index (χ2v) is 6.30. The van der Waals surface area contributed by atoms with Gasteiger partial charge < -0.3 is 9.64 Å². The summed E-state index contributed by atoms with van der Waals surface area (Å²) < 4.78 is 7.47. The maximum absolute atomic E-state index is 13.1. The van der Waals surface area contributed by atoms with Crippen molar-refractivity contribution in [3.63, 3.8) is 0 Å². The van der Waals surface area contributed by atoms with E-state index in [1.165, 1.54) is 11.0 Å². The Bertz CT molecular complexity index is 927. The van der Waals surface area contributed by atoms with Crippen LogP contribution in [0.2, 0.25) is 5.02 Å². The third kappa shape index (κ3) is 2.90. The zero-order chi connectivity index (χ0) is 18.1. The van der Waals surface area contributed by atoms with Crippen molar-refractivity contribution in [1.82, 2.24) is 19.7 Å². The molecule has 2 aromatic heterocycles. The van der Waals surface area contributed by atoms with E-state index in [0.717, 1.165) is 6.42 Å². The van der Waals surface area contributed by atoms with Gasteiger partial charge in [0.2, 0.25) is 0 Å². The van der Waals surface area contributed by atoms with Crippen molar-refractivity contribution in [3.05, 3.63) is 59.8 Å². The molecular weight excluding hydrogens is 354 g/mol. The van der Waals surface area contributed by atoms with E-state index >= 15 is 0 Å². The highest BCUT2D eigenvalue weighted by atomic mass is 35.5. The number of fused-ring (bicyclic) bond motifs is 1. The summed E-state index contributed by atoms with van der Waals surface area (Å²) in [6.07, 6.45) is 5.20. The molecule has 4 rings (SSSR count). The second kappa shape index (κ2) is 6.76. The van der Waals surface area contributed by atoms with Crippen LogP contribution in [0.15, 0.2) is 49.2 Å². The van der Waals surface area contributed by atoms with Crippen LogP contribution in [0.25, 0.3) is 5.82 Å². The third-order valence-corrected chi connectivity index (χ3v) is 4.55. The number of anilines is 1. The molecule has 0 fully saturated rings. The number of carbonyl (C=O) groups excluding carboxylic acids is 1. The van der Waals surface area contributed by atoms with E-state index in [9.17, 15) is 4.79 Å². The summed E-state index contributed by atoms with van der Waals surface area (Å²) in [5, 5.41) is 4.53. The van der Waals surface area contributed by atoms with Crippen molar-refractivity contribution in [2.24, 2.45) is 0 Å². The summed E-state index contributed by atoms with van der Waals surface area (Å²) in [6, 6.07) is 8.87. The monoisotopic (exact) mass is 369 g/mol. The van der Waals surface area contributed by atoms with Crippen molar-refractivity contribution < 1.29 is 9.53 Å². The summed E-state index contributed by atoms with van der Waals surface area (Å²) in [6.45, 7) is 2.48. The largest absolute Gasteiger partial charge is 0.485 e. The maximum Gasteiger partial charge on any atom is 0.260 e. The minimum Gasteiger partial charge on any atom is -0.485 e. The first kappa shape index (κ1) is 16.5. The zero-order valence-corrected chi connectivity index (χ0v) is 14.8. The number of para-hydroxylation sites is 1. The van der Waals surface area contributed by atoms with Gasteiger partial charge in [0.25, 0.3) is 5.91 Å². The topological polar surface area (TPSA) is 73.1 Å². The third-order valence-electron chi connectivity index (χ3n) is 4.26. The SMILES string of the molecule is CCC1CN(C(=O)c2ccc(-n3cncn3)nc2)c2cccc(Cl)c2O1.